The topological polar surface area (TPSA) is 29.0 Å². The highest BCUT2D eigenvalue weighted by molar-refractivity contribution is 5.97. The molecule has 0 N–H and O–H groups in total. The molecule has 2 aliphatic rings. The first kappa shape index (κ1) is 30.5. The third kappa shape index (κ3) is 4.42. The van der Waals surface area contributed by atoms with Crippen molar-refractivity contribution in [2.24, 2.45) is 0 Å². The zero-order chi connectivity index (χ0) is 35.6. The van der Waals surface area contributed by atoms with E-state index in [1.165, 1.54) is 55.9 Å². The summed E-state index contributed by atoms with van der Waals surface area (Å²) in [5.74, 6) is 0.716. The van der Waals surface area contributed by atoms with Gasteiger partial charge in [0.1, 0.15) is 0 Å². The molecule has 0 unspecified atom stereocenters. The second-order valence-corrected chi connectivity index (χ2v) is 14.1. The normalized spacial score (nSPS) is 13.3. The Morgan fingerprint density at radius 2 is 0.907 bits per heavy atom. The molecule has 252 valence electrons. The van der Waals surface area contributed by atoms with Crippen LogP contribution in [0, 0.1) is 0 Å². The van der Waals surface area contributed by atoms with E-state index < -0.39 is 5.41 Å². The number of aromatic nitrogens is 2. The van der Waals surface area contributed by atoms with Crippen molar-refractivity contribution in [2.45, 2.75) is 5.41 Å². The van der Waals surface area contributed by atoms with Crippen molar-refractivity contribution in [3.8, 4) is 44.9 Å². The number of benzene rings is 8. The van der Waals surface area contributed by atoms with Gasteiger partial charge in [0.25, 0.3) is 0 Å². The Bertz CT molecular complexity index is 2830. The lowest BCUT2D eigenvalue weighted by Crippen LogP contribution is -2.36. The Labute approximate surface area is 314 Å². The number of anilines is 3. The highest BCUT2D eigenvalue weighted by Crippen LogP contribution is 2.63. The van der Waals surface area contributed by atoms with Gasteiger partial charge >= 0.3 is 0 Å². The van der Waals surface area contributed by atoms with Crippen LogP contribution in [0.2, 0.25) is 0 Å². The predicted molar refractivity (Wildman–Crippen MR) is 221 cm³/mol. The molecule has 1 spiro atoms. The Morgan fingerprint density at radius 1 is 0.370 bits per heavy atom. The number of rotatable bonds is 4. The van der Waals surface area contributed by atoms with E-state index in [1.807, 2.05) is 0 Å². The summed E-state index contributed by atoms with van der Waals surface area (Å²) in [6.45, 7) is 0. The van der Waals surface area contributed by atoms with Crippen molar-refractivity contribution in [3.63, 3.8) is 0 Å². The van der Waals surface area contributed by atoms with E-state index in [-0.39, 0.29) is 0 Å². The number of hydrogen-bond donors (Lipinski definition) is 0. The van der Waals surface area contributed by atoms with E-state index >= 15 is 0 Å². The van der Waals surface area contributed by atoms with Crippen LogP contribution in [-0.2, 0) is 5.41 Å². The molecule has 11 rings (SSSR count). The Hall–Kier alpha value is -7.10. The fourth-order valence-electron chi connectivity index (χ4n) is 8.98. The largest absolute Gasteiger partial charge is 0.310 e. The summed E-state index contributed by atoms with van der Waals surface area (Å²) >= 11 is 0. The summed E-state index contributed by atoms with van der Waals surface area (Å²) < 4.78 is 0. The molecule has 3 nitrogen and oxygen atoms in total. The van der Waals surface area contributed by atoms with Gasteiger partial charge in [-0.1, -0.05) is 164 Å². The third-order valence-corrected chi connectivity index (χ3v) is 11.3. The van der Waals surface area contributed by atoms with Crippen molar-refractivity contribution in [2.75, 3.05) is 4.90 Å². The maximum Gasteiger partial charge on any atom is 0.160 e. The molecule has 0 saturated heterocycles. The summed E-state index contributed by atoms with van der Waals surface area (Å²) in [6, 6.07) is 72.0. The Morgan fingerprint density at radius 3 is 1.65 bits per heavy atom. The van der Waals surface area contributed by atoms with E-state index in [4.69, 9.17) is 9.97 Å². The highest BCUT2D eigenvalue weighted by atomic mass is 15.2. The van der Waals surface area contributed by atoms with Gasteiger partial charge < -0.3 is 4.90 Å². The lowest BCUT2D eigenvalue weighted by molar-refractivity contribution is 0.753. The van der Waals surface area contributed by atoms with Gasteiger partial charge in [-0.25, -0.2) is 9.97 Å². The lowest BCUT2D eigenvalue weighted by atomic mass is 9.64. The fourth-order valence-corrected chi connectivity index (χ4v) is 8.98. The minimum atomic E-state index is -0.548. The molecule has 0 saturated carbocycles. The van der Waals surface area contributed by atoms with E-state index in [1.54, 1.807) is 0 Å². The Kier molecular flexibility index (Phi) is 6.77. The molecular weight excluding hydrogens is 655 g/mol. The van der Waals surface area contributed by atoms with E-state index in [9.17, 15) is 0 Å². The van der Waals surface area contributed by atoms with Crippen LogP contribution in [0.15, 0.2) is 200 Å². The average Bonchev–Trinajstić information content (AvgIpc) is 3.54. The van der Waals surface area contributed by atoms with Gasteiger partial charge in [-0.2, -0.15) is 0 Å². The van der Waals surface area contributed by atoms with Crippen LogP contribution in [0.3, 0.4) is 0 Å². The molecule has 54 heavy (non-hydrogen) atoms. The quantitative estimate of drug-likeness (QED) is 0.184. The van der Waals surface area contributed by atoms with Gasteiger partial charge in [0.05, 0.1) is 28.0 Å². The molecule has 3 heteroatoms. The van der Waals surface area contributed by atoms with E-state index in [2.05, 4.69) is 205 Å². The van der Waals surface area contributed by atoms with Gasteiger partial charge in [-0.3, -0.25) is 0 Å². The van der Waals surface area contributed by atoms with Crippen molar-refractivity contribution < 1.29 is 0 Å². The summed E-state index contributed by atoms with van der Waals surface area (Å²) in [4.78, 5) is 13.0. The molecule has 0 fully saturated rings. The highest BCUT2D eigenvalue weighted by Gasteiger charge is 2.51. The fraction of sp³-hybridized carbons (Fsp3) is 0.0196. The number of hydrogen-bond acceptors (Lipinski definition) is 3. The van der Waals surface area contributed by atoms with Crippen LogP contribution >= 0.6 is 0 Å². The van der Waals surface area contributed by atoms with Gasteiger partial charge in [0.2, 0.25) is 0 Å². The summed E-state index contributed by atoms with van der Waals surface area (Å²) in [5, 5.41) is 1.04. The average molecular weight is 688 g/mol. The number of para-hydroxylation sites is 4. The summed E-state index contributed by atoms with van der Waals surface area (Å²) in [5.41, 5.74) is 16.8. The third-order valence-electron chi connectivity index (χ3n) is 11.3. The molecule has 9 aromatic rings. The molecule has 2 heterocycles. The maximum atomic E-state index is 5.37. The predicted octanol–water partition coefficient (Wildman–Crippen LogP) is 12.8. The van der Waals surface area contributed by atoms with E-state index in [0.29, 0.717) is 5.82 Å². The van der Waals surface area contributed by atoms with Crippen LogP contribution in [0.5, 0.6) is 0 Å². The maximum absolute atomic E-state index is 5.37. The van der Waals surface area contributed by atoms with Gasteiger partial charge in [0.15, 0.2) is 5.82 Å². The monoisotopic (exact) mass is 687 g/mol. The molecular formula is C51H33N3. The molecule has 1 aromatic heterocycles. The zero-order valence-corrected chi connectivity index (χ0v) is 29.4. The molecule has 1 aliphatic carbocycles. The molecule has 0 radical (unpaired) electrons. The molecule has 0 amide bonds. The van der Waals surface area contributed by atoms with E-state index in [0.717, 1.165) is 33.4 Å². The second-order valence-electron chi connectivity index (χ2n) is 14.1. The van der Waals surface area contributed by atoms with Crippen molar-refractivity contribution in [1.82, 2.24) is 9.97 Å². The SMILES string of the molecule is c1ccc(-c2ccc(-c3nc(-c4ccc5c(c4)C4(c6ccccc6-5)c5ccccc5N(c5ccccc5)c5ccccc54)nc4ccccc34)cc2)cc1. The Balaban J connectivity index is 1.14. The van der Waals surface area contributed by atoms with Crippen molar-refractivity contribution in [1.29, 1.82) is 0 Å². The zero-order valence-electron chi connectivity index (χ0n) is 29.4. The van der Waals surface area contributed by atoms with Crippen molar-refractivity contribution in [3.05, 3.63) is 222 Å². The van der Waals surface area contributed by atoms with Crippen LogP contribution in [-0.4, -0.2) is 9.97 Å². The van der Waals surface area contributed by atoms with Gasteiger partial charge in [0, 0.05) is 22.2 Å². The van der Waals surface area contributed by atoms with Gasteiger partial charge in [-0.05, 0) is 80.9 Å². The second kappa shape index (κ2) is 12.0. The standard InChI is InChI=1S/C51H33N3/c1-3-15-34(16-4-1)35-27-29-36(30-28-35)49-41-20-8-12-24-46(41)52-50(53-49)37-31-32-40-39-19-7-9-21-42(39)51(45(40)33-37)43-22-10-13-25-47(43)54(38-17-5-2-6-18-38)48-26-14-11-23-44(48)51/h1-33H. The molecule has 0 bridgehead atoms. The van der Waals surface area contributed by atoms with Crippen LogP contribution in [0.1, 0.15) is 22.3 Å². The first-order valence-electron chi connectivity index (χ1n) is 18.5. The lowest BCUT2D eigenvalue weighted by Gasteiger charge is -2.45. The minimum absolute atomic E-state index is 0.548. The first-order valence-corrected chi connectivity index (χ1v) is 18.5. The molecule has 8 aromatic carbocycles. The van der Waals surface area contributed by atoms with Gasteiger partial charge in [-0.15, -0.1) is 0 Å². The number of fused-ring (bicyclic) bond motifs is 10. The van der Waals surface area contributed by atoms with Crippen LogP contribution < -0.4 is 4.90 Å². The summed E-state index contributed by atoms with van der Waals surface area (Å²) in [6.07, 6.45) is 0. The molecule has 0 atom stereocenters. The molecule has 1 aliphatic heterocycles. The smallest absolute Gasteiger partial charge is 0.160 e. The number of nitrogens with zero attached hydrogens (tertiary/aromatic N) is 3. The minimum Gasteiger partial charge on any atom is -0.310 e. The van der Waals surface area contributed by atoms with Crippen LogP contribution in [0.25, 0.3) is 55.8 Å². The van der Waals surface area contributed by atoms with Crippen LogP contribution in [0.4, 0.5) is 17.1 Å². The van der Waals surface area contributed by atoms with Crippen molar-refractivity contribution >= 4 is 28.0 Å². The first-order chi connectivity index (χ1) is 26.8. The summed E-state index contributed by atoms with van der Waals surface area (Å²) in [7, 11) is 0.